The maximum atomic E-state index is 4.31. The Morgan fingerprint density at radius 2 is 2.42 bits per heavy atom. The van der Waals surface area contributed by atoms with Gasteiger partial charge in [-0.25, -0.2) is 0 Å². The Labute approximate surface area is 77.6 Å². The molecule has 0 spiro atoms. The van der Waals surface area contributed by atoms with Gasteiger partial charge in [0.2, 0.25) is 0 Å². The van der Waals surface area contributed by atoms with Crippen LogP contribution in [0.5, 0.6) is 0 Å². The molecule has 1 aliphatic heterocycles. The maximum absolute atomic E-state index is 4.31. The lowest BCUT2D eigenvalue weighted by Gasteiger charge is -2.07. The van der Waals surface area contributed by atoms with Gasteiger partial charge in [-0.05, 0) is 37.1 Å². The Hall–Kier alpha value is -0.500. The topological polar surface area (TPSA) is 12.9 Å². The fourth-order valence-corrected chi connectivity index (χ4v) is 2.79. The molecule has 12 heavy (non-hydrogen) atoms. The Morgan fingerprint density at radius 3 is 3.00 bits per heavy atom. The molecular formula is C10H13NS. The van der Waals surface area contributed by atoms with E-state index in [1.165, 1.54) is 24.2 Å². The van der Waals surface area contributed by atoms with Crippen molar-refractivity contribution in [1.82, 2.24) is 4.98 Å². The number of rotatable bonds is 1. The molecule has 1 aliphatic rings. The van der Waals surface area contributed by atoms with E-state index in [2.05, 4.69) is 28.9 Å². The Morgan fingerprint density at radius 1 is 1.50 bits per heavy atom. The molecule has 0 radical (unpaired) electrons. The number of thioether (sulfide) groups is 1. The van der Waals surface area contributed by atoms with Gasteiger partial charge in [0.25, 0.3) is 0 Å². The van der Waals surface area contributed by atoms with E-state index >= 15 is 0 Å². The maximum Gasteiger partial charge on any atom is 0.0372 e. The van der Waals surface area contributed by atoms with E-state index in [0.717, 1.165) is 10.9 Å². The van der Waals surface area contributed by atoms with Crippen molar-refractivity contribution in [3.8, 4) is 0 Å². The number of hydrogen-bond donors (Lipinski definition) is 0. The van der Waals surface area contributed by atoms with Crippen molar-refractivity contribution in [2.75, 3.05) is 5.75 Å². The lowest BCUT2D eigenvalue weighted by Crippen LogP contribution is -1.90. The van der Waals surface area contributed by atoms with Gasteiger partial charge in [-0.2, -0.15) is 11.8 Å². The van der Waals surface area contributed by atoms with E-state index in [1.54, 1.807) is 0 Å². The van der Waals surface area contributed by atoms with Crippen LogP contribution in [0.2, 0.25) is 0 Å². The van der Waals surface area contributed by atoms with Crippen molar-refractivity contribution in [3.63, 3.8) is 0 Å². The van der Waals surface area contributed by atoms with Crippen LogP contribution in [0.25, 0.3) is 0 Å². The lowest BCUT2D eigenvalue weighted by molar-refractivity contribution is 0.824. The van der Waals surface area contributed by atoms with Gasteiger partial charge in [0.05, 0.1) is 0 Å². The number of hydrogen-bond acceptors (Lipinski definition) is 2. The summed E-state index contributed by atoms with van der Waals surface area (Å²) in [5.41, 5.74) is 2.52. The van der Waals surface area contributed by atoms with Crippen LogP contribution in [0.15, 0.2) is 18.3 Å². The summed E-state index contributed by atoms with van der Waals surface area (Å²) in [7, 11) is 0. The minimum Gasteiger partial charge on any atom is -0.261 e. The van der Waals surface area contributed by atoms with Crippen LogP contribution < -0.4 is 0 Å². The molecule has 0 N–H and O–H groups in total. The summed E-state index contributed by atoms with van der Waals surface area (Å²) in [6.07, 6.45) is 4.72. The third-order valence-corrected chi connectivity index (χ3v) is 3.67. The van der Waals surface area contributed by atoms with Crippen molar-refractivity contribution in [2.24, 2.45) is 0 Å². The second-order valence-electron chi connectivity index (χ2n) is 3.23. The summed E-state index contributed by atoms with van der Waals surface area (Å²) < 4.78 is 0. The second-order valence-corrected chi connectivity index (χ2v) is 4.55. The predicted octanol–water partition coefficient (Wildman–Crippen LogP) is 2.96. The van der Waals surface area contributed by atoms with Crippen molar-refractivity contribution in [2.45, 2.75) is 25.0 Å². The molecule has 0 aromatic carbocycles. The Bertz CT molecular complexity index is 249. The van der Waals surface area contributed by atoms with Gasteiger partial charge in [-0.1, -0.05) is 6.07 Å². The average molecular weight is 179 g/mol. The van der Waals surface area contributed by atoms with Crippen LogP contribution in [0.4, 0.5) is 0 Å². The molecule has 1 aromatic heterocycles. The zero-order chi connectivity index (χ0) is 8.39. The molecule has 2 heteroatoms. The molecule has 64 valence electrons. The van der Waals surface area contributed by atoms with Crippen LogP contribution in [-0.2, 0) is 0 Å². The summed E-state index contributed by atoms with van der Waals surface area (Å²) in [5.74, 6) is 1.32. The Kier molecular flexibility index (Phi) is 2.35. The second kappa shape index (κ2) is 3.48. The highest BCUT2D eigenvalue weighted by Gasteiger charge is 2.17. The van der Waals surface area contributed by atoms with Crippen LogP contribution in [-0.4, -0.2) is 10.7 Å². The molecule has 2 rings (SSSR count). The van der Waals surface area contributed by atoms with Gasteiger partial charge in [-0.3, -0.25) is 4.98 Å². The van der Waals surface area contributed by atoms with Gasteiger partial charge in [0.15, 0.2) is 0 Å². The highest BCUT2D eigenvalue weighted by atomic mass is 32.2. The minimum atomic E-state index is 0.720. The molecule has 0 saturated carbocycles. The van der Waals surface area contributed by atoms with Gasteiger partial charge in [-0.15, -0.1) is 0 Å². The number of aryl methyl sites for hydroxylation is 1. The zero-order valence-electron chi connectivity index (χ0n) is 7.29. The van der Waals surface area contributed by atoms with Gasteiger partial charge >= 0.3 is 0 Å². The molecule has 2 heterocycles. The minimum absolute atomic E-state index is 0.720. The monoisotopic (exact) mass is 179 g/mol. The van der Waals surface area contributed by atoms with E-state index in [1.807, 2.05) is 13.1 Å². The summed E-state index contributed by atoms with van der Waals surface area (Å²) in [5, 5.41) is 0.720. The smallest absolute Gasteiger partial charge is 0.0372 e. The molecule has 1 unspecified atom stereocenters. The van der Waals surface area contributed by atoms with Gasteiger partial charge in [0.1, 0.15) is 0 Å². The quantitative estimate of drug-likeness (QED) is 0.657. The van der Waals surface area contributed by atoms with Crippen molar-refractivity contribution in [1.29, 1.82) is 0 Å². The number of pyridine rings is 1. The first kappa shape index (κ1) is 8.11. The third-order valence-electron chi connectivity index (χ3n) is 2.24. The van der Waals surface area contributed by atoms with E-state index < -0.39 is 0 Å². The average Bonchev–Trinajstić information content (AvgIpc) is 2.58. The molecule has 0 bridgehead atoms. The van der Waals surface area contributed by atoms with E-state index in [-0.39, 0.29) is 0 Å². The van der Waals surface area contributed by atoms with Gasteiger partial charge in [0, 0.05) is 17.1 Å². The first-order chi connectivity index (χ1) is 5.86. The molecule has 0 amide bonds. The molecule has 0 aliphatic carbocycles. The molecular weight excluding hydrogens is 166 g/mol. The van der Waals surface area contributed by atoms with Crippen LogP contribution in [0.1, 0.15) is 29.3 Å². The highest BCUT2D eigenvalue weighted by Crippen LogP contribution is 2.39. The summed E-state index contributed by atoms with van der Waals surface area (Å²) in [6.45, 7) is 2.03. The van der Waals surface area contributed by atoms with Crippen molar-refractivity contribution in [3.05, 3.63) is 29.6 Å². The highest BCUT2D eigenvalue weighted by molar-refractivity contribution is 7.99. The fourth-order valence-electron chi connectivity index (χ4n) is 1.51. The summed E-state index contributed by atoms with van der Waals surface area (Å²) in [4.78, 5) is 4.31. The summed E-state index contributed by atoms with van der Waals surface area (Å²) >= 11 is 2.06. The number of aromatic nitrogens is 1. The molecule has 1 aromatic rings. The SMILES string of the molecule is Cc1ccc(C2CCCS2)cn1. The largest absolute Gasteiger partial charge is 0.261 e. The first-order valence-corrected chi connectivity index (χ1v) is 5.45. The standard InChI is InChI=1S/C10H13NS/c1-8-4-5-9(7-11-8)10-3-2-6-12-10/h4-5,7,10H,2-3,6H2,1H3. The van der Waals surface area contributed by atoms with Gasteiger partial charge < -0.3 is 0 Å². The van der Waals surface area contributed by atoms with Crippen molar-refractivity contribution >= 4 is 11.8 Å². The molecule has 1 atom stereocenters. The zero-order valence-corrected chi connectivity index (χ0v) is 8.10. The predicted molar refractivity (Wildman–Crippen MR) is 53.4 cm³/mol. The molecule has 1 nitrogen and oxygen atoms in total. The summed E-state index contributed by atoms with van der Waals surface area (Å²) in [6, 6.07) is 4.32. The third kappa shape index (κ3) is 1.63. The molecule has 1 fully saturated rings. The van der Waals surface area contributed by atoms with Crippen LogP contribution >= 0.6 is 11.8 Å². The van der Waals surface area contributed by atoms with Crippen LogP contribution in [0.3, 0.4) is 0 Å². The first-order valence-electron chi connectivity index (χ1n) is 4.40. The number of nitrogens with zero attached hydrogens (tertiary/aromatic N) is 1. The Balaban J connectivity index is 2.17. The fraction of sp³-hybridized carbons (Fsp3) is 0.500. The van der Waals surface area contributed by atoms with E-state index in [0.29, 0.717) is 0 Å². The van der Waals surface area contributed by atoms with E-state index in [9.17, 15) is 0 Å². The lowest BCUT2D eigenvalue weighted by atomic mass is 10.1. The van der Waals surface area contributed by atoms with Crippen LogP contribution in [0, 0.1) is 6.92 Å². The molecule has 1 saturated heterocycles. The van der Waals surface area contributed by atoms with Crippen molar-refractivity contribution < 1.29 is 0 Å². The van der Waals surface area contributed by atoms with E-state index in [4.69, 9.17) is 0 Å². The normalized spacial score (nSPS) is 22.9.